The Balaban J connectivity index is 2.32. The van der Waals surface area contributed by atoms with Gasteiger partial charge in [0.15, 0.2) is 0 Å². The molecule has 1 N–H and O–H groups in total. The summed E-state index contributed by atoms with van der Waals surface area (Å²) in [7, 11) is 4.25. The molecule has 2 atom stereocenters. The van der Waals surface area contributed by atoms with E-state index in [1.54, 1.807) is 0 Å². The Kier molecular flexibility index (Phi) is 5.03. The van der Waals surface area contributed by atoms with Gasteiger partial charge in [-0.15, -0.1) is 0 Å². The minimum Gasteiger partial charge on any atom is -0.305 e. The van der Waals surface area contributed by atoms with Gasteiger partial charge in [-0.2, -0.15) is 5.26 Å². The molecule has 1 rings (SSSR count). The average molecular weight is 210 g/mol. The number of hydrogen-bond acceptors (Lipinski definition) is 4. The summed E-state index contributed by atoms with van der Waals surface area (Å²) in [6, 6.07) is 2.95. The number of likely N-dealkylation sites (tertiary alicyclic amines) is 1. The first-order chi connectivity index (χ1) is 7.17. The van der Waals surface area contributed by atoms with Crippen LogP contribution in [-0.2, 0) is 0 Å². The molecule has 15 heavy (non-hydrogen) atoms. The van der Waals surface area contributed by atoms with Crippen LogP contribution in [0.5, 0.6) is 0 Å². The van der Waals surface area contributed by atoms with Crippen molar-refractivity contribution in [2.45, 2.75) is 25.4 Å². The van der Waals surface area contributed by atoms with Gasteiger partial charge in [0.05, 0.1) is 6.07 Å². The molecule has 0 amide bonds. The van der Waals surface area contributed by atoms with Crippen molar-refractivity contribution in [3.05, 3.63) is 0 Å². The Morgan fingerprint density at radius 3 is 2.80 bits per heavy atom. The number of nitrogens with zero attached hydrogens (tertiary/aromatic N) is 3. The van der Waals surface area contributed by atoms with E-state index in [1.807, 2.05) is 6.92 Å². The highest BCUT2D eigenvalue weighted by Gasteiger charge is 2.25. The molecule has 1 fully saturated rings. The first-order valence-electron chi connectivity index (χ1n) is 5.69. The third-order valence-corrected chi connectivity index (χ3v) is 3.02. The Labute approximate surface area is 92.8 Å². The summed E-state index contributed by atoms with van der Waals surface area (Å²) in [5.41, 5.74) is 0. The lowest BCUT2D eigenvalue weighted by molar-refractivity contribution is 0.261. The van der Waals surface area contributed by atoms with Crippen molar-refractivity contribution in [3.8, 4) is 6.07 Å². The van der Waals surface area contributed by atoms with Crippen LogP contribution in [0.15, 0.2) is 0 Å². The molecule has 86 valence electrons. The van der Waals surface area contributed by atoms with E-state index < -0.39 is 0 Å². The lowest BCUT2D eigenvalue weighted by atomic mass is 10.2. The molecule has 0 aromatic rings. The van der Waals surface area contributed by atoms with E-state index in [9.17, 15) is 0 Å². The third kappa shape index (κ3) is 3.78. The largest absolute Gasteiger partial charge is 0.305 e. The summed E-state index contributed by atoms with van der Waals surface area (Å²) < 4.78 is 0. The molecule has 4 nitrogen and oxygen atoms in total. The molecular weight excluding hydrogens is 188 g/mol. The van der Waals surface area contributed by atoms with E-state index >= 15 is 0 Å². The van der Waals surface area contributed by atoms with Crippen molar-refractivity contribution in [2.75, 3.05) is 40.3 Å². The number of nitrogens with one attached hydrogen (secondary N) is 1. The number of rotatable bonds is 5. The smallest absolute Gasteiger partial charge is 0.108 e. The molecule has 0 spiro atoms. The monoisotopic (exact) mass is 210 g/mol. The fraction of sp³-hybridized carbons (Fsp3) is 0.909. The highest BCUT2D eigenvalue weighted by molar-refractivity contribution is 4.94. The molecule has 0 aliphatic carbocycles. The molecule has 0 saturated carbocycles. The lowest BCUT2D eigenvalue weighted by Gasteiger charge is -2.22. The second-order valence-electron chi connectivity index (χ2n) is 4.41. The Morgan fingerprint density at radius 1 is 1.60 bits per heavy atom. The summed E-state index contributed by atoms with van der Waals surface area (Å²) in [5.74, 6) is 0. The quantitative estimate of drug-likeness (QED) is 0.700. The van der Waals surface area contributed by atoms with Crippen molar-refractivity contribution in [3.63, 3.8) is 0 Å². The van der Waals surface area contributed by atoms with Gasteiger partial charge >= 0.3 is 0 Å². The van der Waals surface area contributed by atoms with E-state index in [1.165, 1.54) is 6.42 Å². The van der Waals surface area contributed by atoms with E-state index in [0.717, 1.165) is 26.2 Å². The van der Waals surface area contributed by atoms with Gasteiger partial charge < -0.3 is 10.2 Å². The van der Waals surface area contributed by atoms with Crippen molar-refractivity contribution in [2.24, 2.45) is 0 Å². The minimum atomic E-state index is -0.0177. The van der Waals surface area contributed by atoms with Crippen LogP contribution in [0.3, 0.4) is 0 Å². The summed E-state index contributed by atoms with van der Waals surface area (Å²) in [6.45, 7) is 5.97. The van der Waals surface area contributed by atoms with Crippen LogP contribution in [0.2, 0.25) is 0 Å². The highest BCUT2D eigenvalue weighted by atomic mass is 15.2. The molecule has 0 aromatic carbocycles. The maximum Gasteiger partial charge on any atom is 0.108 e. The summed E-state index contributed by atoms with van der Waals surface area (Å²) in [6.07, 6.45) is 1.22. The first-order valence-corrected chi connectivity index (χ1v) is 5.69. The van der Waals surface area contributed by atoms with Gasteiger partial charge in [0.1, 0.15) is 6.04 Å². The second kappa shape index (κ2) is 6.06. The van der Waals surface area contributed by atoms with E-state index in [0.29, 0.717) is 6.04 Å². The summed E-state index contributed by atoms with van der Waals surface area (Å²) in [4.78, 5) is 4.65. The van der Waals surface area contributed by atoms with Gasteiger partial charge in [-0.05, 0) is 33.6 Å². The van der Waals surface area contributed by atoms with Crippen LogP contribution in [0, 0.1) is 11.3 Å². The molecular formula is C11H22N4. The minimum absolute atomic E-state index is 0.0177. The van der Waals surface area contributed by atoms with E-state index in [2.05, 4.69) is 35.3 Å². The second-order valence-corrected chi connectivity index (χ2v) is 4.41. The first kappa shape index (κ1) is 12.4. The van der Waals surface area contributed by atoms with Gasteiger partial charge in [0.2, 0.25) is 0 Å². The van der Waals surface area contributed by atoms with Crippen molar-refractivity contribution < 1.29 is 0 Å². The Hall–Kier alpha value is -0.630. The molecule has 1 aliphatic heterocycles. The zero-order valence-electron chi connectivity index (χ0n) is 10.0. The predicted octanol–water partition coefficient (Wildman–Crippen LogP) is 0.124. The molecule has 1 saturated heterocycles. The summed E-state index contributed by atoms with van der Waals surface area (Å²) in [5, 5.41) is 12.1. The van der Waals surface area contributed by atoms with Gasteiger partial charge in [-0.25, -0.2) is 0 Å². The van der Waals surface area contributed by atoms with Crippen molar-refractivity contribution >= 4 is 0 Å². The maximum atomic E-state index is 8.94. The van der Waals surface area contributed by atoms with Crippen LogP contribution < -0.4 is 5.32 Å². The SMILES string of the molecule is CCNC(C#N)CN1CCC(N(C)C)C1. The molecule has 4 heteroatoms. The number of likely N-dealkylation sites (N-methyl/N-ethyl adjacent to an activating group) is 2. The Bertz CT molecular complexity index is 221. The molecule has 1 heterocycles. The van der Waals surface area contributed by atoms with E-state index in [-0.39, 0.29) is 6.04 Å². The van der Waals surface area contributed by atoms with Gasteiger partial charge in [0.25, 0.3) is 0 Å². The van der Waals surface area contributed by atoms with Crippen LogP contribution in [0.25, 0.3) is 0 Å². The fourth-order valence-corrected chi connectivity index (χ4v) is 2.06. The van der Waals surface area contributed by atoms with E-state index in [4.69, 9.17) is 5.26 Å². The molecule has 0 radical (unpaired) electrons. The van der Waals surface area contributed by atoms with Crippen LogP contribution in [0.1, 0.15) is 13.3 Å². The fourth-order valence-electron chi connectivity index (χ4n) is 2.06. The number of nitriles is 1. The zero-order valence-corrected chi connectivity index (χ0v) is 10.0. The topological polar surface area (TPSA) is 42.3 Å². The average Bonchev–Trinajstić information content (AvgIpc) is 2.65. The molecule has 1 aliphatic rings. The van der Waals surface area contributed by atoms with Gasteiger partial charge in [-0.3, -0.25) is 4.90 Å². The lowest BCUT2D eigenvalue weighted by Crippen LogP contribution is -2.40. The number of hydrogen-bond donors (Lipinski definition) is 1. The molecule has 0 bridgehead atoms. The molecule has 2 unspecified atom stereocenters. The Morgan fingerprint density at radius 2 is 2.33 bits per heavy atom. The maximum absolute atomic E-state index is 8.94. The van der Waals surface area contributed by atoms with Gasteiger partial charge in [0, 0.05) is 19.1 Å². The zero-order chi connectivity index (χ0) is 11.3. The summed E-state index contributed by atoms with van der Waals surface area (Å²) >= 11 is 0. The highest BCUT2D eigenvalue weighted by Crippen LogP contribution is 2.12. The molecule has 0 aromatic heterocycles. The van der Waals surface area contributed by atoms with Crippen molar-refractivity contribution in [1.29, 1.82) is 5.26 Å². The van der Waals surface area contributed by atoms with Crippen molar-refractivity contribution in [1.82, 2.24) is 15.1 Å². The normalized spacial score (nSPS) is 24.3. The van der Waals surface area contributed by atoms with Crippen LogP contribution in [0.4, 0.5) is 0 Å². The van der Waals surface area contributed by atoms with Gasteiger partial charge in [-0.1, -0.05) is 6.92 Å². The predicted molar refractivity (Wildman–Crippen MR) is 61.6 cm³/mol. The van der Waals surface area contributed by atoms with Crippen LogP contribution >= 0.6 is 0 Å². The van der Waals surface area contributed by atoms with Crippen LogP contribution in [-0.4, -0.2) is 62.2 Å². The standard InChI is InChI=1S/C11H22N4/c1-4-13-10(7-12)8-15-6-5-11(9-15)14(2)3/h10-11,13H,4-6,8-9H2,1-3H3. The third-order valence-electron chi connectivity index (χ3n) is 3.02.